The third-order valence-electron chi connectivity index (χ3n) is 3.33. The monoisotopic (exact) mass is 353 g/mol. The van der Waals surface area contributed by atoms with Gasteiger partial charge in [-0.05, 0) is 42.8 Å². The summed E-state index contributed by atoms with van der Waals surface area (Å²) in [6.07, 6.45) is -2.11. The Morgan fingerprint density at radius 3 is 2.44 bits per heavy atom. The normalized spacial score (nSPS) is 11.2. The van der Waals surface area contributed by atoms with Gasteiger partial charge < -0.3 is 15.4 Å². The SMILES string of the molecule is COCCCNc1ccc(NC(=O)c2ccc(C(F)(F)F)cc2)cn1. The van der Waals surface area contributed by atoms with Crippen LogP contribution in [0.2, 0.25) is 0 Å². The third kappa shape index (κ3) is 5.75. The maximum Gasteiger partial charge on any atom is 0.416 e. The van der Waals surface area contributed by atoms with E-state index >= 15 is 0 Å². The van der Waals surface area contributed by atoms with E-state index in [0.29, 0.717) is 24.7 Å². The smallest absolute Gasteiger partial charge is 0.385 e. The van der Waals surface area contributed by atoms with Crippen molar-refractivity contribution in [1.29, 1.82) is 0 Å². The number of hydrogen-bond donors (Lipinski definition) is 2. The van der Waals surface area contributed by atoms with Gasteiger partial charge in [-0.25, -0.2) is 4.98 Å². The first-order valence-corrected chi connectivity index (χ1v) is 7.57. The van der Waals surface area contributed by atoms with E-state index in [2.05, 4.69) is 15.6 Å². The average Bonchev–Trinajstić information content (AvgIpc) is 2.59. The van der Waals surface area contributed by atoms with Crippen molar-refractivity contribution in [2.24, 2.45) is 0 Å². The standard InChI is InChI=1S/C17H18F3N3O2/c1-25-10-2-9-21-15-8-7-14(11-22-15)23-16(24)12-3-5-13(6-4-12)17(18,19)20/h3-8,11H,2,9-10H2,1H3,(H,21,22)(H,23,24). The highest BCUT2D eigenvalue weighted by molar-refractivity contribution is 6.04. The van der Waals surface area contributed by atoms with Crippen LogP contribution in [0.25, 0.3) is 0 Å². The number of hydrogen-bond acceptors (Lipinski definition) is 4. The molecule has 1 heterocycles. The fourth-order valence-electron chi connectivity index (χ4n) is 2.02. The Labute approximate surface area is 143 Å². The van der Waals surface area contributed by atoms with Gasteiger partial charge in [-0.15, -0.1) is 0 Å². The predicted octanol–water partition coefficient (Wildman–Crippen LogP) is 3.80. The number of rotatable bonds is 7. The number of pyridine rings is 1. The number of aromatic nitrogens is 1. The first kappa shape index (κ1) is 18.7. The van der Waals surface area contributed by atoms with Crippen LogP contribution in [0, 0.1) is 0 Å². The predicted molar refractivity (Wildman–Crippen MR) is 88.6 cm³/mol. The largest absolute Gasteiger partial charge is 0.416 e. The second-order valence-corrected chi connectivity index (χ2v) is 5.23. The molecule has 0 unspecified atom stereocenters. The van der Waals surface area contributed by atoms with E-state index < -0.39 is 17.6 Å². The molecule has 0 fully saturated rings. The van der Waals surface area contributed by atoms with E-state index in [0.717, 1.165) is 30.7 Å². The van der Waals surface area contributed by atoms with Gasteiger partial charge in [0.1, 0.15) is 5.82 Å². The molecule has 2 aromatic rings. The Kier molecular flexibility index (Phi) is 6.35. The molecule has 2 rings (SSSR count). The maximum atomic E-state index is 12.5. The molecule has 0 aliphatic heterocycles. The lowest BCUT2D eigenvalue weighted by Gasteiger charge is -2.09. The number of nitrogens with zero attached hydrogens (tertiary/aromatic N) is 1. The van der Waals surface area contributed by atoms with Crippen LogP contribution in [-0.4, -0.2) is 31.2 Å². The summed E-state index contributed by atoms with van der Waals surface area (Å²) in [6, 6.07) is 7.39. The molecular formula is C17H18F3N3O2. The number of carbonyl (C=O) groups excluding carboxylic acids is 1. The summed E-state index contributed by atoms with van der Waals surface area (Å²) in [5.41, 5.74) is -0.211. The van der Waals surface area contributed by atoms with E-state index in [4.69, 9.17) is 4.74 Å². The first-order valence-electron chi connectivity index (χ1n) is 7.57. The zero-order chi connectivity index (χ0) is 18.3. The molecule has 0 aliphatic carbocycles. The zero-order valence-electron chi connectivity index (χ0n) is 13.6. The van der Waals surface area contributed by atoms with E-state index in [-0.39, 0.29) is 5.56 Å². The molecule has 0 aliphatic rings. The molecule has 0 bridgehead atoms. The van der Waals surface area contributed by atoms with Crippen LogP contribution in [0.5, 0.6) is 0 Å². The number of nitrogens with one attached hydrogen (secondary N) is 2. The van der Waals surface area contributed by atoms with Gasteiger partial charge in [-0.2, -0.15) is 13.2 Å². The third-order valence-corrected chi connectivity index (χ3v) is 3.33. The van der Waals surface area contributed by atoms with E-state index in [1.807, 2.05) is 0 Å². The van der Waals surface area contributed by atoms with Crippen LogP contribution in [0.3, 0.4) is 0 Å². The lowest BCUT2D eigenvalue weighted by atomic mass is 10.1. The number of anilines is 2. The lowest BCUT2D eigenvalue weighted by Crippen LogP contribution is -2.13. The number of methoxy groups -OCH3 is 1. The minimum Gasteiger partial charge on any atom is -0.385 e. The summed E-state index contributed by atoms with van der Waals surface area (Å²) < 4.78 is 42.5. The second kappa shape index (κ2) is 8.48. The molecule has 2 N–H and O–H groups in total. The molecule has 1 aromatic heterocycles. The molecule has 0 spiro atoms. The molecule has 0 saturated heterocycles. The van der Waals surface area contributed by atoms with E-state index in [9.17, 15) is 18.0 Å². The van der Waals surface area contributed by atoms with E-state index in [1.54, 1.807) is 19.2 Å². The summed E-state index contributed by atoms with van der Waals surface area (Å²) in [4.78, 5) is 16.2. The van der Waals surface area contributed by atoms with E-state index in [1.165, 1.54) is 6.20 Å². The summed E-state index contributed by atoms with van der Waals surface area (Å²) in [6.45, 7) is 1.35. The lowest BCUT2D eigenvalue weighted by molar-refractivity contribution is -0.137. The Morgan fingerprint density at radius 2 is 1.88 bits per heavy atom. The minimum absolute atomic E-state index is 0.134. The van der Waals surface area contributed by atoms with Crippen molar-refractivity contribution in [3.8, 4) is 0 Å². The van der Waals surface area contributed by atoms with Gasteiger partial charge in [0.05, 0.1) is 17.4 Å². The van der Waals surface area contributed by atoms with Crippen LogP contribution < -0.4 is 10.6 Å². The number of halogens is 3. The van der Waals surface area contributed by atoms with Gasteiger partial charge in [0.2, 0.25) is 0 Å². The van der Waals surface area contributed by atoms with Gasteiger partial charge in [0.15, 0.2) is 0 Å². The molecule has 0 saturated carbocycles. The summed E-state index contributed by atoms with van der Waals surface area (Å²) in [5, 5.41) is 5.69. The van der Waals surface area contributed by atoms with Crippen LogP contribution in [-0.2, 0) is 10.9 Å². The Morgan fingerprint density at radius 1 is 1.16 bits per heavy atom. The Hall–Kier alpha value is -2.61. The number of ether oxygens (including phenoxy) is 1. The highest BCUT2D eigenvalue weighted by atomic mass is 19.4. The van der Waals surface area contributed by atoms with Gasteiger partial charge >= 0.3 is 6.18 Å². The average molecular weight is 353 g/mol. The highest BCUT2D eigenvalue weighted by Gasteiger charge is 2.30. The second-order valence-electron chi connectivity index (χ2n) is 5.23. The van der Waals surface area contributed by atoms with Crippen molar-refractivity contribution < 1.29 is 22.7 Å². The molecule has 1 amide bonds. The van der Waals surface area contributed by atoms with Crippen molar-refractivity contribution in [3.63, 3.8) is 0 Å². The molecule has 8 heteroatoms. The first-order chi connectivity index (χ1) is 11.9. The molecule has 134 valence electrons. The van der Waals surface area contributed by atoms with Crippen molar-refractivity contribution >= 4 is 17.4 Å². The molecular weight excluding hydrogens is 335 g/mol. The van der Waals surface area contributed by atoms with Crippen molar-refractivity contribution in [2.45, 2.75) is 12.6 Å². The fourth-order valence-corrected chi connectivity index (χ4v) is 2.02. The maximum absolute atomic E-state index is 12.5. The van der Waals surface area contributed by atoms with Crippen LogP contribution in [0.15, 0.2) is 42.6 Å². The van der Waals surface area contributed by atoms with Crippen molar-refractivity contribution in [2.75, 3.05) is 30.9 Å². The quantitative estimate of drug-likeness (QED) is 0.743. The molecule has 0 atom stereocenters. The number of amides is 1. The molecule has 5 nitrogen and oxygen atoms in total. The highest BCUT2D eigenvalue weighted by Crippen LogP contribution is 2.29. The number of benzene rings is 1. The Balaban J connectivity index is 1.92. The van der Waals surface area contributed by atoms with Crippen molar-refractivity contribution in [1.82, 2.24) is 4.98 Å². The zero-order valence-corrected chi connectivity index (χ0v) is 13.6. The summed E-state index contributed by atoms with van der Waals surface area (Å²) in [7, 11) is 1.63. The van der Waals surface area contributed by atoms with Gasteiger partial charge in [-0.3, -0.25) is 4.79 Å². The van der Waals surface area contributed by atoms with Gasteiger partial charge in [-0.1, -0.05) is 0 Å². The van der Waals surface area contributed by atoms with Crippen molar-refractivity contribution in [3.05, 3.63) is 53.7 Å². The minimum atomic E-state index is -4.43. The van der Waals surface area contributed by atoms with Gasteiger partial charge in [0, 0.05) is 25.8 Å². The summed E-state index contributed by atoms with van der Waals surface area (Å²) in [5.74, 6) is 0.153. The topological polar surface area (TPSA) is 63.2 Å². The van der Waals surface area contributed by atoms with Crippen LogP contribution in [0.1, 0.15) is 22.3 Å². The number of carbonyl (C=O) groups is 1. The summed E-state index contributed by atoms with van der Waals surface area (Å²) >= 11 is 0. The molecule has 25 heavy (non-hydrogen) atoms. The molecule has 0 radical (unpaired) electrons. The van der Waals surface area contributed by atoms with Gasteiger partial charge in [0.25, 0.3) is 5.91 Å². The van der Waals surface area contributed by atoms with Crippen LogP contribution in [0.4, 0.5) is 24.7 Å². The number of alkyl halides is 3. The fraction of sp³-hybridized carbons (Fsp3) is 0.294. The molecule has 1 aromatic carbocycles. The Bertz CT molecular complexity index is 686. The van der Waals surface area contributed by atoms with Crippen LogP contribution >= 0.6 is 0 Å².